The molecule has 1 aromatic rings. The Morgan fingerprint density at radius 3 is 2.20 bits per heavy atom. The number of sulfone groups is 1. The van der Waals surface area contributed by atoms with Gasteiger partial charge in [0.25, 0.3) is 0 Å². The zero-order chi connectivity index (χ0) is 12.4. The first kappa shape index (κ1) is 10.9. The number of benzene rings is 1. The monoisotopic (exact) mass is 243 g/mol. The van der Waals surface area contributed by atoms with Crippen LogP contribution in [0, 0.1) is 0 Å². The minimum atomic E-state index is -3.30. The summed E-state index contributed by atoms with van der Waals surface area (Å²) in [7, 11) is -5.01. The van der Waals surface area contributed by atoms with E-state index in [0.29, 0.717) is 4.90 Å². The van der Waals surface area contributed by atoms with Crippen LogP contribution in [0.1, 0.15) is 1.37 Å². The van der Waals surface area contributed by atoms with Gasteiger partial charge in [-0.2, -0.15) is 0 Å². The molecule has 0 fully saturated rings. The van der Waals surface area contributed by atoms with E-state index in [9.17, 15) is 8.42 Å². The molecule has 15 heavy (non-hydrogen) atoms. The van der Waals surface area contributed by atoms with E-state index >= 15 is 0 Å². The molecule has 0 spiro atoms. The molecule has 1 unspecified atom stereocenters. The maximum Gasteiger partial charge on any atom is 0.178 e. The summed E-state index contributed by atoms with van der Waals surface area (Å²) < 4.78 is 31.9. The molecule has 1 aromatic carbocycles. The molecule has 0 aromatic heterocycles. The highest BCUT2D eigenvalue weighted by Crippen LogP contribution is 2.16. The molecule has 84 valence electrons. The topological polar surface area (TPSA) is 34.1 Å². The van der Waals surface area contributed by atoms with Crippen LogP contribution in [0.15, 0.2) is 35.2 Å². The Morgan fingerprint density at radius 1 is 1.20 bits per heavy atom. The van der Waals surface area contributed by atoms with Crippen molar-refractivity contribution in [2.45, 2.75) is 30.6 Å². The fraction of sp³-hybridized carbons (Fsp3) is 0.455. The molecule has 0 saturated carbocycles. The highest BCUT2D eigenvalue weighted by atomic mass is 32.2. The average Bonchev–Trinajstić information content (AvgIpc) is 2.17. The van der Waals surface area contributed by atoms with Crippen LogP contribution < -0.4 is 0 Å². The maximum atomic E-state index is 12.0. The maximum absolute atomic E-state index is 12.0. The molecule has 2 nitrogen and oxygen atoms in total. The van der Waals surface area contributed by atoms with Gasteiger partial charge in [-0.05, 0) is 18.2 Å². The predicted octanol–water partition coefficient (Wildman–Crippen LogP) is 2.80. The summed E-state index contributed by atoms with van der Waals surface area (Å²) in [5.41, 5.74) is 0. The SMILES string of the molecule is [2H]C(CS(=O)(=O)c1ccccc1)[Si](C)(C)C. The normalized spacial score (nSPS) is 15.8. The largest absolute Gasteiger partial charge is 0.224 e. The first-order chi connectivity index (χ1) is 7.23. The van der Waals surface area contributed by atoms with Crippen LogP contribution in [-0.2, 0) is 9.84 Å². The third-order valence-electron chi connectivity index (χ3n) is 2.02. The summed E-state index contributed by atoms with van der Waals surface area (Å²) in [6, 6.07) is 7.91. The highest BCUT2D eigenvalue weighted by molar-refractivity contribution is 7.91. The summed E-state index contributed by atoms with van der Waals surface area (Å²) in [5, 5.41) is 0. The van der Waals surface area contributed by atoms with Crippen LogP contribution >= 0.6 is 0 Å². The van der Waals surface area contributed by atoms with Gasteiger partial charge >= 0.3 is 0 Å². The van der Waals surface area contributed by atoms with Gasteiger partial charge in [-0.15, -0.1) is 0 Å². The van der Waals surface area contributed by atoms with Crippen LogP contribution in [0.4, 0.5) is 0 Å². The van der Waals surface area contributed by atoms with E-state index in [1.807, 2.05) is 19.6 Å². The van der Waals surface area contributed by atoms with E-state index < -0.39 is 23.9 Å². The molecule has 0 saturated heterocycles. The Bertz CT molecular complexity index is 437. The van der Waals surface area contributed by atoms with Crippen molar-refractivity contribution in [3.8, 4) is 0 Å². The number of hydrogen-bond acceptors (Lipinski definition) is 2. The minimum Gasteiger partial charge on any atom is -0.224 e. The Morgan fingerprint density at radius 2 is 1.73 bits per heavy atom. The van der Waals surface area contributed by atoms with Crippen LogP contribution in [0.25, 0.3) is 0 Å². The molecule has 1 rings (SSSR count). The van der Waals surface area contributed by atoms with E-state index in [4.69, 9.17) is 1.37 Å². The van der Waals surface area contributed by atoms with Crippen LogP contribution in [0.5, 0.6) is 0 Å². The lowest BCUT2D eigenvalue weighted by Crippen LogP contribution is -2.23. The van der Waals surface area contributed by atoms with E-state index in [0.717, 1.165) is 0 Å². The zero-order valence-electron chi connectivity index (χ0n) is 10.4. The van der Waals surface area contributed by atoms with Crippen molar-refractivity contribution in [3.05, 3.63) is 30.3 Å². The van der Waals surface area contributed by atoms with Crippen molar-refractivity contribution in [2.24, 2.45) is 0 Å². The van der Waals surface area contributed by atoms with Crippen LogP contribution in [-0.4, -0.2) is 22.2 Å². The van der Waals surface area contributed by atoms with Crippen LogP contribution in [0.3, 0.4) is 0 Å². The molecule has 0 heterocycles. The fourth-order valence-corrected chi connectivity index (χ4v) is 4.73. The first-order valence-electron chi connectivity index (χ1n) is 5.51. The number of hydrogen-bond donors (Lipinski definition) is 0. The molecule has 0 aliphatic rings. The molecule has 4 heteroatoms. The first-order valence-corrected chi connectivity index (χ1v) is 10.2. The molecule has 0 aliphatic carbocycles. The third-order valence-corrected chi connectivity index (χ3v) is 5.34. The van der Waals surface area contributed by atoms with Gasteiger partial charge in [0.1, 0.15) is 0 Å². The Labute approximate surface area is 94.7 Å². The van der Waals surface area contributed by atoms with Gasteiger partial charge in [0.05, 0.1) is 10.6 Å². The van der Waals surface area contributed by atoms with E-state index in [-0.39, 0.29) is 5.75 Å². The minimum absolute atomic E-state index is 0.0628. The molecule has 0 amide bonds. The smallest absolute Gasteiger partial charge is 0.178 e. The van der Waals surface area contributed by atoms with E-state index in [1.54, 1.807) is 30.3 Å². The Kier molecular flexibility index (Phi) is 3.26. The van der Waals surface area contributed by atoms with Crippen LogP contribution in [0.2, 0.25) is 25.7 Å². The van der Waals surface area contributed by atoms with Crippen molar-refractivity contribution < 1.29 is 9.79 Å². The Hall–Kier alpha value is -0.613. The lowest BCUT2D eigenvalue weighted by Gasteiger charge is -2.15. The van der Waals surface area contributed by atoms with Gasteiger partial charge < -0.3 is 0 Å². The second kappa shape index (κ2) is 4.49. The van der Waals surface area contributed by atoms with Crippen molar-refractivity contribution >= 4 is 17.9 Å². The molecular formula is C11H18O2SSi. The molecule has 0 aliphatic heterocycles. The van der Waals surface area contributed by atoms with Gasteiger partial charge in [0.2, 0.25) is 0 Å². The van der Waals surface area contributed by atoms with E-state index in [2.05, 4.69) is 0 Å². The second-order valence-electron chi connectivity index (χ2n) is 4.66. The van der Waals surface area contributed by atoms with Crippen molar-refractivity contribution in [3.63, 3.8) is 0 Å². The van der Waals surface area contributed by atoms with Gasteiger partial charge in [0.15, 0.2) is 9.84 Å². The highest BCUT2D eigenvalue weighted by Gasteiger charge is 2.20. The third kappa shape index (κ3) is 4.18. The quantitative estimate of drug-likeness (QED) is 0.762. The lowest BCUT2D eigenvalue weighted by molar-refractivity contribution is 0.597. The summed E-state index contributed by atoms with van der Waals surface area (Å²) in [6.07, 6.45) is 0. The predicted molar refractivity (Wildman–Crippen MR) is 66.6 cm³/mol. The van der Waals surface area contributed by atoms with Gasteiger partial charge in [-0.3, -0.25) is 0 Å². The summed E-state index contributed by atoms with van der Waals surface area (Å²) >= 11 is 0. The zero-order valence-corrected chi connectivity index (χ0v) is 11.2. The molecule has 0 bridgehead atoms. The van der Waals surface area contributed by atoms with Crippen molar-refractivity contribution in [1.82, 2.24) is 0 Å². The standard InChI is InChI=1S/C11H18O2SSi/c1-15(2,3)10-9-14(12,13)11-7-5-4-6-8-11/h4-8H,9-10H2,1-3H3/i10D. The lowest BCUT2D eigenvalue weighted by atomic mass is 10.4. The average molecular weight is 243 g/mol. The molecule has 0 radical (unpaired) electrons. The van der Waals surface area contributed by atoms with E-state index in [1.165, 1.54) is 0 Å². The van der Waals surface area contributed by atoms with Crippen molar-refractivity contribution in [1.29, 1.82) is 0 Å². The fourth-order valence-electron chi connectivity index (χ4n) is 1.08. The van der Waals surface area contributed by atoms with Gasteiger partial charge in [-0.25, -0.2) is 8.42 Å². The van der Waals surface area contributed by atoms with Gasteiger partial charge in [-0.1, -0.05) is 37.8 Å². The van der Waals surface area contributed by atoms with Crippen molar-refractivity contribution in [2.75, 3.05) is 5.75 Å². The summed E-state index contributed by atoms with van der Waals surface area (Å²) in [6.45, 7) is 6.06. The molecular weight excluding hydrogens is 224 g/mol. The molecule has 1 atom stereocenters. The molecule has 0 N–H and O–H groups in total. The Balaban J connectivity index is 2.90. The summed E-state index contributed by atoms with van der Waals surface area (Å²) in [5.74, 6) is -0.0628. The second-order valence-corrected chi connectivity index (χ2v) is 11.8. The van der Waals surface area contributed by atoms with Gasteiger partial charge in [0, 0.05) is 9.44 Å². The summed E-state index contributed by atoms with van der Waals surface area (Å²) in [4.78, 5) is 0.325. The number of rotatable bonds is 4.